The third kappa shape index (κ3) is 4.08. The van der Waals surface area contributed by atoms with Crippen molar-refractivity contribution in [2.45, 2.75) is 26.7 Å². The number of hydrogen-bond donors (Lipinski definition) is 0. The van der Waals surface area contributed by atoms with Crippen LogP contribution in [0.2, 0.25) is 5.02 Å². The zero-order valence-corrected chi connectivity index (χ0v) is 13.3. The Labute approximate surface area is 130 Å². The van der Waals surface area contributed by atoms with Gasteiger partial charge in [0.15, 0.2) is 12.4 Å². The summed E-state index contributed by atoms with van der Waals surface area (Å²) >= 11 is 5.88. The van der Waals surface area contributed by atoms with Crippen molar-refractivity contribution < 1.29 is 9.53 Å². The lowest BCUT2D eigenvalue weighted by molar-refractivity contribution is 0.0921. The van der Waals surface area contributed by atoms with Crippen LogP contribution in [0.25, 0.3) is 0 Å². The first-order chi connectivity index (χ1) is 9.97. The molecule has 0 aliphatic carbocycles. The zero-order valence-electron chi connectivity index (χ0n) is 12.5. The number of carbonyl (C=O) groups is 1. The Kier molecular flexibility index (Phi) is 5.03. The van der Waals surface area contributed by atoms with Crippen LogP contribution in [-0.2, 0) is 0 Å². The van der Waals surface area contributed by atoms with E-state index in [1.807, 2.05) is 12.1 Å². The number of rotatable bonds is 5. The molecule has 0 heterocycles. The van der Waals surface area contributed by atoms with Crippen LogP contribution in [0.4, 0.5) is 0 Å². The Balaban J connectivity index is 2.03. The van der Waals surface area contributed by atoms with Crippen molar-refractivity contribution in [1.82, 2.24) is 0 Å². The second-order valence-corrected chi connectivity index (χ2v) is 5.83. The number of ether oxygens (including phenoxy) is 1. The van der Waals surface area contributed by atoms with Gasteiger partial charge < -0.3 is 4.74 Å². The van der Waals surface area contributed by atoms with Crippen LogP contribution in [0.5, 0.6) is 5.75 Å². The molecule has 0 aromatic heterocycles. The number of aryl methyl sites for hydroxylation is 1. The fourth-order valence-corrected chi connectivity index (χ4v) is 2.47. The highest BCUT2D eigenvalue weighted by Gasteiger charge is 2.09. The van der Waals surface area contributed by atoms with E-state index in [1.165, 1.54) is 11.1 Å². The molecule has 0 aliphatic heterocycles. The maximum absolute atomic E-state index is 12.0. The molecule has 2 nitrogen and oxygen atoms in total. The molecule has 0 unspecified atom stereocenters. The second-order valence-electron chi connectivity index (χ2n) is 5.40. The molecule has 0 bridgehead atoms. The second kappa shape index (κ2) is 6.77. The highest BCUT2D eigenvalue weighted by atomic mass is 35.5. The van der Waals surface area contributed by atoms with Crippen LogP contribution in [0.1, 0.15) is 41.3 Å². The Morgan fingerprint density at radius 2 is 1.95 bits per heavy atom. The van der Waals surface area contributed by atoms with E-state index in [0.29, 0.717) is 22.3 Å². The Bertz CT molecular complexity index is 647. The average molecular weight is 303 g/mol. The SMILES string of the molecule is Cc1cc(OCC(=O)c2cccc(Cl)c2)ccc1C(C)C. The molecule has 0 amide bonds. The van der Waals surface area contributed by atoms with Crippen molar-refractivity contribution in [3.05, 3.63) is 64.2 Å². The van der Waals surface area contributed by atoms with Gasteiger partial charge in [0.1, 0.15) is 5.75 Å². The van der Waals surface area contributed by atoms with E-state index in [9.17, 15) is 4.79 Å². The van der Waals surface area contributed by atoms with Crippen molar-refractivity contribution in [3.8, 4) is 5.75 Å². The number of Topliss-reactive ketones (excluding diaryl/α,β-unsaturated/α-hetero) is 1. The molecule has 0 saturated heterocycles. The zero-order chi connectivity index (χ0) is 15.4. The van der Waals surface area contributed by atoms with E-state index in [1.54, 1.807) is 24.3 Å². The van der Waals surface area contributed by atoms with Crippen LogP contribution >= 0.6 is 11.6 Å². The molecule has 3 heteroatoms. The maximum atomic E-state index is 12.0. The van der Waals surface area contributed by atoms with E-state index in [-0.39, 0.29) is 12.4 Å². The molecule has 0 N–H and O–H groups in total. The minimum absolute atomic E-state index is 0.0147. The summed E-state index contributed by atoms with van der Waals surface area (Å²) in [5, 5.41) is 0.554. The van der Waals surface area contributed by atoms with E-state index >= 15 is 0 Å². The van der Waals surface area contributed by atoms with E-state index in [0.717, 1.165) is 0 Å². The largest absolute Gasteiger partial charge is 0.485 e. The summed E-state index contributed by atoms with van der Waals surface area (Å²) in [5.41, 5.74) is 3.04. The van der Waals surface area contributed by atoms with Gasteiger partial charge in [0, 0.05) is 10.6 Å². The van der Waals surface area contributed by atoms with Crippen molar-refractivity contribution >= 4 is 17.4 Å². The van der Waals surface area contributed by atoms with E-state index < -0.39 is 0 Å². The van der Waals surface area contributed by atoms with Gasteiger partial charge in [0.2, 0.25) is 0 Å². The first-order valence-corrected chi connectivity index (χ1v) is 7.37. The first kappa shape index (κ1) is 15.6. The third-order valence-corrected chi connectivity index (χ3v) is 3.61. The third-order valence-electron chi connectivity index (χ3n) is 3.38. The first-order valence-electron chi connectivity index (χ1n) is 6.99. The molecule has 0 radical (unpaired) electrons. The molecule has 21 heavy (non-hydrogen) atoms. The number of benzene rings is 2. The van der Waals surface area contributed by atoms with Gasteiger partial charge in [-0.2, -0.15) is 0 Å². The van der Waals surface area contributed by atoms with Gasteiger partial charge in [-0.25, -0.2) is 0 Å². The summed E-state index contributed by atoms with van der Waals surface area (Å²) in [6, 6.07) is 12.8. The molecule has 0 atom stereocenters. The van der Waals surface area contributed by atoms with E-state index in [2.05, 4.69) is 26.8 Å². The monoisotopic (exact) mass is 302 g/mol. The van der Waals surface area contributed by atoms with Crippen molar-refractivity contribution in [2.75, 3.05) is 6.61 Å². The minimum Gasteiger partial charge on any atom is -0.485 e. The normalized spacial score (nSPS) is 10.7. The standard InChI is InChI=1S/C18H19ClO2/c1-12(2)17-8-7-16(9-13(17)3)21-11-18(20)14-5-4-6-15(19)10-14/h4-10,12H,11H2,1-3H3. The predicted molar refractivity (Wildman–Crippen MR) is 86.5 cm³/mol. The number of halogens is 1. The molecular formula is C18H19ClO2. The highest BCUT2D eigenvalue weighted by molar-refractivity contribution is 6.31. The number of carbonyl (C=O) groups excluding carboxylic acids is 1. The lowest BCUT2D eigenvalue weighted by atomic mass is 9.98. The molecule has 0 aliphatic rings. The Hall–Kier alpha value is -1.80. The molecule has 2 rings (SSSR count). The molecule has 0 spiro atoms. The van der Waals surface area contributed by atoms with Gasteiger partial charge in [-0.1, -0.05) is 43.6 Å². The number of hydrogen-bond acceptors (Lipinski definition) is 2. The molecule has 2 aromatic rings. The maximum Gasteiger partial charge on any atom is 0.200 e. The molecule has 110 valence electrons. The van der Waals surface area contributed by atoms with Gasteiger partial charge in [-0.3, -0.25) is 4.79 Å². The lowest BCUT2D eigenvalue weighted by Crippen LogP contribution is -2.11. The van der Waals surface area contributed by atoms with Gasteiger partial charge >= 0.3 is 0 Å². The summed E-state index contributed by atoms with van der Waals surface area (Å²) in [5.74, 6) is 1.11. The van der Waals surface area contributed by atoms with Gasteiger partial charge in [-0.05, 0) is 48.2 Å². The molecule has 0 fully saturated rings. The van der Waals surface area contributed by atoms with Gasteiger partial charge in [0.05, 0.1) is 0 Å². The molecular weight excluding hydrogens is 284 g/mol. The summed E-state index contributed by atoms with van der Waals surface area (Å²) < 4.78 is 5.59. The lowest BCUT2D eigenvalue weighted by Gasteiger charge is -2.12. The summed E-state index contributed by atoms with van der Waals surface area (Å²) in [6.45, 7) is 6.39. The van der Waals surface area contributed by atoms with Crippen LogP contribution in [0.15, 0.2) is 42.5 Å². The summed E-state index contributed by atoms with van der Waals surface area (Å²) in [6.07, 6.45) is 0. The van der Waals surface area contributed by atoms with Crippen molar-refractivity contribution in [2.24, 2.45) is 0 Å². The fourth-order valence-electron chi connectivity index (χ4n) is 2.28. The smallest absolute Gasteiger partial charge is 0.200 e. The Morgan fingerprint density at radius 1 is 1.19 bits per heavy atom. The van der Waals surface area contributed by atoms with Crippen molar-refractivity contribution in [3.63, 3.8) is 0 Å². The van der Waals surface area contributed by atoms with Crippen LogP contribution < -0.4 is 4.74 Å². The van der Waals surface area contributed by atoms with E-state index in [4.69, 9.17) is 16.3 Å². The predicted octanol–water partition coefficient (Wildman–Crippen LogP) is 5.03. The van der Waals surface area contributed by atoms with Crippen molar-refractivity contribution in [1.29, 1.82) is 0 Å². The highest BCUT2D eigenvalue weighted by Crippen LogP contribution is 2.23. The molecule has 2 aromatic carbocycles. The summed E-state index contributed by atoms with van der Waals surface area (Å²) in [4.78, 5) is 12.0. The minimum atomic E-state index is -0.0805. The average Bonchev–Trinajstić information content (AvgIpc) is 2.44. The van der Waals surface area contributed by atoms with Crippen LogP contribution in [0, 0.1) is 6.92 Å². The van der Waals surface area contributed by atoms with Gasteiger partial charge in [0.25, 0.3) is 0 Å². The number of ketones is 1. The molecule has 0 saturated carbocycles. The topological polar surface area (TPSA) is 26.3 Å². The van der Waals surface area contributed by atoms with Crippen LogP contribution in [0.3, 0.4) is 0 Å². The Morgan fingerprint density at radius 3 is 2.57 bits per heavy atom. The quantitative estimate of drug-likeness (QED) is 0.724. The fraction of sp³-hybridized carbons (Fsp3) is 0.278. The summed E-state index contributed by atoms with van der Waals surface area (Å²) in [7, 11) is 0. The van der Waals surface area contributed by atoms with Crippen LogP contribution in [-0.4, -0.2) is 12.4 Å². The van der Waals surface area contributed by atoms with Gasteiger partial charge in [-0.15, -0.1) is 0 Å².